The highest BCUT2D eigenvalue weighted by atomic mass is 35.5. The number of rotatable bonds is 10. The number of amides is 2. The fourth-order valence-electron chi connectivity index (χ4n) is 4.29. The quantitative estimate of drug-likeness (QED) is 0.158. The van der Waals surface area contributed by atoms with Crippen LogP contribution in [-0.2, 0) is 12.0 Å². The van der Waals surface area contributed by atoms with E-state index in [9.17, 15) is 27.6 Å². The summed E-state index contributed by atoms with van der Waals surface area (Å²) < 4.78 is 57.9. The molecule has 0 spiro atoms. The van der Waals surface area contributed by atoms with Gasteiger partial charge in [0.2, 0.25) is 0 Å². The van der Waals surface area contributed by atoms with Gasteiger partial charge in [0.25, 0.3) is 0 Å². The van der Waals surface area contributed by atoms with E-state index in [0.717, 1.165) is 17.7 Å². The van der Waals surface area contributed by atoms with Gasteiger partial charge < -0.3 is 10.1 Å². The fraction of sp³-hybridized carbons (Fsp3) is 0.167. The first-order chi connectivity index (χ1) is 19.6. The van der Waals surface area contributed by atoms with E-state index in [-0.39, 0.29) is 24.2 Å². The minimum Gasteiger partial charge on any atom is -0.428 e. The molecule has 1 heterocycles. The Balaban J connectivity index is 1.90. The molecule has 0 saturated carbocycles. The van der Waals surface area contributed by atoms with Crippen molar-refractivity contribution < 1.29 is 27.1 Å². The van der Waals surface area contributed by atoms with Gasteiger partial charge in [0, 0.05) is 18.3 Å². The molecule has 4 rings (SSSR count). The van der Waals surface area contributed by atoms with Crippen LogP contribution in [0.5, 0.6) is 5.75 Å². The Morgan fingerprint density at radius 3 is 2.29 bits per heavy atom. The van der Waals surface area contributed by atoms with Crippen molar-refractivity contribution in [3.8, 4) is 11.8 Å². The average molecular weight is 583 g/mol. The Bertz CT molecular complexity index is 1500. The molecule has 1 aromatic heterocycles. The predicted molar refractivity (Wildman–Crippen MR) is 146 cm³/mol. The Labute approximate surface area is 238 Å². The first-order valence-electron chi connectivity index (χ1n) is 12.3. The lowest BCUT2D eigenvalue weighted by Crippen LogP contribution is -2.54. The minimum atomic E-state index is -4.75. The highest BCUT2D eigenvalue weighted by molar-refractivity contribution is 6.30. The van der Waals surface area contributed by atoms with Crippen molar-refractivity contribution in [2.45, 2.75) is 24.5 Å². The Hall–Kier alpha value is -4.62. The number of hydrogen-bond acceptors (Lipinski definition) is 4. The first-order valence-corrected chi connectivity index (χ1v) is 12.7. The van der Waals surface area contributed by atoms with Gasteiger partial charge in [-0.1, -0.05) is 72.3 Å². The van der Waals surface area contributed by atoms with Gasteiger partial charge in [-0.25, -0.2) is 4.79 Å². The largest absolute Gasteiger partial charge is 0.461 e. The molecule has 0 aliphatic carbocycles. The Morgan fingerprint density at radius 1 is 1.00 bits per heavy atom. The van der Waals surface area contributed by atoms with E-state index in [1.165, 1.54) is 23.2 Å². The second-order valence-electron chi connectivity index (χ2n) is 8.93. The van der Waals surface area contributed by atoms with E-state index in [0.29, 0.717) is 10.7 Å². The van der Waals surface area contributed by atoms with Crippen LogP contribution in [0.2, 0.25) is 5.02 Å². The van der Waals surface area contributed by atoms with Gasteiger partial charge in [-0.15, -0.1) is 0 Å². The summed E-state index contributed by atoms with van der Waals surface area (Å²) in [6, 6.07) is 26.9. The molecule has 210 valence electrons. The third-order valence-electron chi connectivity index (χ3n) is 6.17. The summed E-state index contributed by atoms with van der Waals surface area (Å²) in [5.74, 6) is -0.551. The standard InChI is InChI=1S/C30H23ClF4N4O2/c31-23-14-15-26(37-20-23)29(19-21-8-3-1-4-9-21,22-10-7-13-25(18-22)41-30(34,35)27(32)33)38-28(40)39(17-16-36)24-11-5-2-6-12-24/h1-15,18,20,27H,17,19H2,(H,38,40)/t29-/m0/s1. The summed E-state index contributed by atoms with van der Waals surface area (Å²) in [5, 5.41) is 12.8. The lowest BCUT2D eigenvalue weighted by molar-refractivity contribution is -0.253. The summed E-state index contributed by atoms with van der Waals surface area (Å²) in [6.45, 7) is -0.310. The van der Waals surface area contributed by atoms with Gasteiger partial charge in [0.1, 0.15) is 17.8 Å². The van der Waals surface area contributed by atoms with Crippen LogP contribution in [0, 0.1) is 11.3 Å². The van der Waals surface area contributed by atoms with E-state index >= 15 is 0 Å². The second kappa shape index (κ2) is 12.7. The molecular formula is C30H23ClF4N4O2. The fourth-order valence-corrected chi connectivity index (χ4v) is 4.40. The van der Waals surface area contributed by atoms with Crippen LogP contribution >= 0.6 is 11.6 Å². The zero-order valence-corrected chi connectivity index (χ0v) is 22.1. The maximum Gasteiger partial charge on any atom is 0.461 e. The van der Waals surface area contributed by atoms with Crippen LogP contribution in [0.25, 0.3) is 0 Å². The van der Waals surface area contributed by atoms with E-state index in [1.807, 2.05) is 6.07 Å². The average Bonchev–Trinajstić information content (AvgIpc) is 2.96. The number of nitrogens with one attached hydrogen (secondary N) is 1. The minimum absolute atomic E-state index is 0.0537. The molecule has 2 amide bonds. The number of carbonyl (C=O) groups is 1. The van der Waals surface area contributed by atoms with Crippen LogP contribution in [0.3, 0.4) is 0 Å². The highest BCUT2D eigenvalue weighted by Gasteiger charge is 2.45. The summed E-state index contributed by atoms with van der Waals surface area (Å²) in [4.78, 5) is 19.6. The van der Waals surface area contributed by atoms with Gasteiger partial charge in [0.05, 0.1) is 16.8 Å². The zero-order chi connectivity index (χ0) is 29.5. The Kier molecular flexibility index (Phi) is 9.10. The van der Waals surface area contributed by atoms with E-state index in [4.69, 9.17) is 11.6 Å². The molecule has 0 unspecified atom stereocenters. The molecule has 11 heteroatoms. The number of halogens is 5. The first kappa shape index (κ1) is 29.4. The van der Waals surface area contributed by atoms with E-state index < -0.39 is 29.9 Å². The molecular weight excluding hydrogens is 560 g/mol. The molecule has 4 aromatic rings. The maximum atomic E-state index is 13.9. The summed E-state index contributed by atoms with van der Waals surface area (Å²) in [6.07, 6.45) is -7.40. The normalized spacial score (nSPS) is 12.7. The van der Waals surface area contributed by atoms with Crippen molar-refractivity contribution in [1.82, 2.24) is 10.3 Å². The van der Waals surface area contributed by atoms with Crippen molar-refractivity contribution in [3.05, 3.63) is 125 Å². The number of pyridine rings is 1. The third-order valence-corrected chi connectivity index (χ3v) is 6.40. The van der Waals surface area contributed by atoms with Gasteiger partial charge >= 0.3 is 18.6 Å². The van der Waals surface area contributed by atoms with Crippen LogP contribution in [0.1, 0.15) is 16.8 Å². The number of aromatic nitrogens is 1. The van der Waals surface area contributed by atoms with Crippen molar-refractivity contribution in [2.75, 3.05) is 11.4 Å². The molecule has 0 saturated heterocycles. The number of para-hydroxylation sites is 1. The summed E-state index contributed by atoms with van der Waals surface area (Å²) >= 11 is 6.10. The maximum absolute atomic E-state index is 13.9. The summed E-state index contributed by atoms with van der Waals surface area (Å²) in [5.41, 5.74) is 0.0578. The third kappa shape index (κ3) is 6.94. The second-order valence-corrected chi connectivity index (χ2v) is 9.37. The van der Waals surface area contributed by atoms with Gasteiger partial charge in [-0.05, 0) is 47.5 Å². The monoisotopic (exact) mass is 582 g/mol. The predicted octanol–water partition coefficient (Wildman–Crippen LogP) is 7.20. The molecule has 0 aliphatic heterocycles. The summed E-state index contributed by atoms with van der Waals surface area (Å²) in [7, 11) is 0. The molecule has 3 aromatic carbocycles. The zero-order valence-electron chi connectivity index (χ0n) is 21.4. The van der Waals surface area contributed by atoms with E-state index in [2.05, 4.69) is 15.0 Å². The molecule has 1 atom stereocenters. The molecule has 1 N–H and O–H groups in total. The van der Waals surface area contributed by atoms with Crippen molar-refractivity contribution in [2.24, 2.45) is 0 Å². The molecule has 41 heavy (non-hydrogen) atoms. The van der Waals surface area contributed by atoms with Crippen LogP contribution < -0.4 is 15.0 Å². The van der Waals surface area contributed by atoms with Gasteiger partial charge in [0.15, 0.2) is 0 Å². The number of alkyl halides is 4. The van der Waals surface area contributed by atoms with Gasteiger partial charge in [-0.3, -0.25) is 9.88 Å². The topological polar surface area (TPSA) is 78.2 Å². The SMILES string of the molecule is N#CCN(C(=O)N[C@@](Cc1ccccc1)(c1cccc(OC(F)(F)C(F)F)c1)c1ccc(Cl)cn1)c1ccccc1. The molecule has 0 radical (unpaired) electrons. The number of hydrogen-bond donors (Lipinski definition) is 1. The van der Waals surface area contributed by atoms with Crippen molar-refractivity contribution in [1.29, 1.82) is 5.26 Å². The number of nitrogens with zero attached hydrogens (tertiary/aromatic N) is 3. The van der Waals surface area contributed by atoms with Crippen molar-refractivity contribution >= 4 is 23.3 Å². The number of ether oxygens (including phenoxy) is 1. The molecule has 0 aliphatic rings. The van der Waals surface area contributed by atoms with Gasteiger partial charge in [-0.2, -0.15) is 22.8 Å². The smallest absolute Gasteiger partial charge is 0.428 e. The number of carbonyl (C=O) groups excluding carboxylic acids is 1. The lowest BCUT2D eigenvalue weighted by Gasteiger charge is -2.37. The number of urea groups is 1. The number of benzene rings is 3. The number of anilines is 1. The lowest BCUT2D eigenvalue weighted by atomic mass is 9.80. The van der Waals surface area contributed by atoms with Crippen LogP contribution in [0.15, 0.2) is 103 Å². The molecule has 0 fully saturated rings. The van der Waals surface area contributed by atoms with Crippen molar-refractivity contribution in [3.63, 3.8) is 0 Å². The molecule has 0 bridgehead atoms. The number of nitriles is 1. The molecule has 6 nitrogen and oxygen atoms in total. The highest BCUT2D eigenvalue weighted by Crippen LogP contribution is 2.37. The van der Waals surface area contributed by atoms with Crippen LogP contribution in [-0.4, -0.2) is 30.1 Å². The Morgan fingerprint density at radius 2 is 1.68 bits per heavy atom. The van der Waals surface area contributed by atoms with Crippen LogP contribution in [0.4, 0.5) is 28.0 Å². The van der Waals surface area contributed by atoms with E-state index in [1.54, 1.807) is 72.8 Å².